The van der Waals surface area contributed by atoms with Crippen molar-refractivity contribution in [1.29, 1.82) is 0 Å². The summed E-state index contributed by atoms with van der Waals surface area (Å²) in [6.07, 6.45) is 1.56. The van der Waals surface area contributed by atoms with Crippen LogP contribution >= 0.6 is 0 Å². The molecule has 0 saturated carbocycles. The second kappa shape index (κ2) is 6.41. The molecule has 7 heteroatoms. The van der Waals surface area contributed by atoms with E-state index in [2.05, 4.69) is 0 Å². The van der Waals surface area contributed by atoms with Crippen molar-refractivity contribution in [2.75, 3.05) is 0 Å². The van der Waals surface area contributed by atoms with E-state index in [1.807, 2.05) is 27.7 Å². The Morgan fingerprint density at radius 3 is 2.10 bits per heavy atom. The monoisotopic (exact) mass is 303 g/mol. The van der Waals surface area contributed by atoms with Crippen LogP contribution in [0, 0.1) is 0 Å². The SMILES string of the molecule is CCC(C)N(C(=O)c1ccc(S(=O)(=O)O)o1)C(C)CC. The molecule has 1 aromatic rings. The zero-order valence-electron chi connectivity index (χ0n) is 12.2. The van der Waals surface area contributed by atoms with E-state index in [4.69, 9.17) is 8.97 Å². The number of furan rings is 1. The van der Waals surface area contributed by atoms with Crippen molar-refractivity contribution in [1.82, 2.24) is 4.90 Å². The van der Waals surface area contributed by atoms with E-state index in [9.17, 15) is 13.2 Å². The maximum absolute atomic E-state index is 12.4. The maximum atomic E-state index is 12.4. The van der Waals surface area contributed by atoms with Gasteiger partial charge in [0.05, 0.1) is 0 Å². The number of hydrogen-bond donors (Lipinski definition) is 1. The van der Waals surface area contributed by atoms with Crippen molar-refractivity contribution in [3.05, 3.63) is 17.9 Å². The van der Waals surface area contributed by atoms with Gasteiger partial charge in [0.25, 0.3) is 5.91 Å². The highest BCUT2D eigenvalue weighted by Gasteiger charge is 2.28. The molecular weight excluding hydrogens is 282 g/mol. The minimum absolute atomic E-state index is 0.0109. The Bertz CT molecular complexity index is 553. The Hall–Kier alpha value is -1.34. The molecule has 1 heterocycles. The average molecular weight is 303 g/mol. The van der Waals surface area contributed by atoms with E-state index in [-0.39, 0.29) is 23.8 Å². The van der Waals surface area contributed by atoms with Crippen molar-refractivity contribution in [3.8, 4) is 0 Å². The quantitative estimate of drug-likeness (QED) is 0.816. The zero-order chi connectivity index (χ0) is 15.5. The lowest BCUT2D eigenvalue weighted by atomic mass is 10.1. The summed E-state index contributed by atoms with van der Waals surface area (Å²) in [7, 11) is -4.43. The highest BCUT2D eigenvalue weighted by molar-refractivity contribution is 7.85. The van der Waals surface area contributed by atoms with Gasteiger partial charge in [0, 0.05) is 12.1 Å². The van der Waals surface area contributed by atoms with Gasteiger partial charge in [-0.2, -0.15) is 8.42 Å². The highest BCUT2D eigenvalue weighted by Crippen LogP contribution is 2.20. The lowest BCUT2D eigenvalue weighted by molar-refractivity contribution is 0.0559. The number of carbonyl (C=O) groups excluding carboxylic acids is 1. The van der Waals surface area contributed by atoms with E-state index in [0.29, 0.717) is 0 Å². The van der Waals surface area contributed by atoms with Gasteiger partial charge in [-0.3, -0.25) is 9.35 Å². The summed E-state index contributed by atoms with van der Waals surface area (Å²) in [6, 6.07) is 2.37. The van der Waals surface area contributed by atoms with Crippen molar-refractivity contribution < 1.29 is 22.2 Å². The number of hydrogen-bond acceptors (Lipinski definition) is 4. The molecule has 1 rings (SSSR count). The first-order valence-corrected chi connectivity index (χ1v) is 8.06. The number of nitrogens with zero attached hydrogens (tertiary/aromatic N) is 1. The third kappa shape index (κ3) is 3.61. The topological polar surface area (TPSA) is 87.8 Å². The first-order valence-electron chi connectivity index (χ1n) is 6.62. The maximum Gasteiger partial charge on any atom is 0.328 e. The fourth-order valence-corrected chi connectivity index (χ4v) is 2.36. The summed E-state index contributed by atoms with van der Waals surface area (Å²) in [6.45, 7) is 7.80. The van der Waals surface area contributed by atoms with E-state index in [1.54, 1.807) is 4.90 Å². The fourth-order valence-electron chi connectivity index (χ4n) is 1.93. The Labute approximate surface area is 119 Å². The van der Waals surface area contributed by atoms with E-state index in [0.717, 1.165) is 18.9 Å². The summed E-state index contributed by atoms with van der Waals surface area (Å²) in [4.78, 5) is 14.1. The van der Waals surface area contributed by atoms with E-state index >= 15 is 0 Å². The van der Waals surface area contributed by atoms with Crippen LogP contribution in [0.25, 0.3) is 0 Å². The molecule has 0 aliphatic heterocycles. The molecule has 114 valence electrons. The van der Waals surface area contributed by atoms with Crippen molar-refractivity contribution >= 4 is 16.0 Å². The van der Waals surface area contributed by atoms with Gasteiger partial charge >= 0.3 is 10.1 Å². The Morgan fingerprint density at radius 2 is 1.75 bits per heavy atom. The molecule has 1 aromatic heterocycles. The first-order chi connectivity index (χ1) is 9.22. The minimum Gasteiger partial charge on any atom is -0.437 e. The Kier molecular flexibility index (Phi) is 5.35. The van der Waals surface area contributed by atoms with Crippen molar-refractivity contribution in [3.63, 3.8) is 0 Å². The third-order valence-corrected chi connectivity index (χ3v) is 4.14. The molecule has 0 radical (unpaired) electrons. The van der Waals surface area contributed by atoms with Crippen LogP contribution in [0.15, 0.2) is 21.6 Å². The van der Waals surface area contributed by atoms with Crippen LogP contribution in [0.4, 0.5) is 0 Å². The largest absolute Gasteiger partial charge is 0.437 e. The second-order valence-corrected chi connectivity index (χ2v) is 6.17. The van der Waals surface area contributed by atoms with Gasteiger partial charge in [-0.1, -0.05) is 13.8 Å². The molecule has 1 amide bonds. The summed E-state index contributed by atoms with van der Waals surface area (Å²) in [5.41, 5.74) is 0. The van der Waals surface area contributed by atoms with Gasteiger partial charge in [-0.15, -0.1) is 0 Å². The lowest BCUT2D eigenvalue weighted by Crippen LogP contribution is -2.44. The molecule has 0 bridgehead atoms. The molecule has 0 aliphatic rings. The molecule has 20 heavy (non-hydrogen) atoms. The third-order valence-electron chi connectivity index (χ3n) is 3.41. The van der Waals surface area contributed by atoms with Crippen molar-refractivity contribution in [2.45, 2.75) is 57.7 Å². The van der Waals surface area contributed by atoms with Crippen LogP contribution in [0.1, 0.15) is 51.1 Å². The fraction of sp³-hybridized carbons (Fsp3) is 0.615. The average Bonchev–Trinajstić information content (AvgIpc) is 2.87. The molecule has 0 aliphatic carbocycles. The summed E-state index contributed by atoms with van der Waals surface area (Å²) >= 11 is 0. The molecule has 0 aromatic carbocycles. The molecule has 0 spiro atoms. The zero-order valence-corrected chi connectivity index (χ0v) is 13.0. The summed E-state index contributed by atoms with van der Waals surface area (Å²) in [5, 5.41) is -0.617. The molecule has 0 fully saturated rings. The van der Waals surface area contributed by atoms with Gasteiger partial charge in [0.1, 0.15) is 0 Å². The number of amides is 1. The van der Waals surface area contributed by atoms with Crippen LogP contribution in [-0.2, 0) is 10.1 Å². The van der Waals surface area contributed by atoms with Gasteiger partial charge in [0.15, 0.2) is 5.76 Å². The molecule has 1 N–H and O–H groups in total. The van der Waals surface area contributed by atoms with E-state index in [1.165, 1.54) is 6.07 Å². The van der Waals surface area contributed by atoms with Gasteiger partial charge < -0.3 is 9.32 Å². The van der Waals surface area contributed by atoms with Gasteiger partial charge in [-0.05, 0) is 38.8 Å². The highest BCUT2D eigenvalue weighted by atomic mass is 32.2. The molecular formula is C13H21NO5S. The standard InChI is InChI=1S/C13H21NO5S/c1-5-9(3)14(10(4)6-2)13(15)11-7-8-12(19-11)20(16,17)18/h7-10H,5-6H2,1-4H3,(H,16,17,18). The Balaban J connectivity index is 3.10. The molecule has 2 unspecified atom stereocenters. The number of carbonyl (C=O) groups is 1. The first kappa shape index (κ1) is 16.7. The minimum atomic E-state index is -4.43. The predicted octanol–water partition coefficient (Wildman–Crippen LogP) is 2.57. The second-order valence-electron chi connectivity index (χ2n) is 4.82. The Morgan fingerprint density at radius 1 is 1.25 bits per heavy atom. The molecule has 6 nitrogen and oxygen atoms in total. The smallest absolute Gasteiger partial charge is 0.328 e. The molecule has 2 atom stereocenters. The summed E-state index contributed by atoms with van der Waals surface area (Å²) < 4.78 is 35.7. The van der Waals surface area contributed by atoms with Crippen LogP contribution in [0.5, 0.6) is 0 Å². The van der Waals surface area contributed by atoms with Crippen molar-refractivity contribution in [2.24, 2.45) is 0 Å². The van der Waals surface area contributed by atoms with Crippen LogP contribution in [-0.4, -0.2) is 35.9 Å². The summed E-state index contributed by atoms with van der Waals surface area (Å²) in [5.74, 6) is -0.457. The van der Waals surface area contributed by atoms with Crippen LogP contribution < -0.4 is 0 Å². The molecule has 0 saturated heterocycles. The van der Waals surface area contributed by atoms with Gasteiger partial charge in [-0.25, -0.2) is 0 Å². The predicted molar refractivity (Wildman–Crippen MR) is 74.2 cm³/mol. The van der Waals surface area contributed by atoms with Crippen LogP contribution in [0.2, 0.25) is 0 Å². The van der Waals surface area contributed by atoms with Gasteiger partial charge in [0.2, 0.25) is 5.09 Å². The lowest BCUT2D eigenvalue weighted by Gasteiger charge is -2.33. The van der Waals surface area contributed by atoms with E-state index < -0.39 is 15.2 Å². The number of rotatable bonds is 6. The van der Waals surface area contributed by atoms with Crippen LogP contribution in [0.3, 0.4) is 0 Å². The normalized spacial score (nSPS) is 14.8.